The van der Waals surface area contributed by atoms with Gasteiger partial charge in [-0.15, -0.1) is 0 Å². The Morgan fingerprint density at radius 1 is 1.03 bits per heavy atom. The quantitative estimate of drug-likeness (QED) is 0.497. The number of carboxylic acid groups (broad SMARTS) is 1. The number of hydrogen-bond acceptors (Lipinski definition) is 4. The van der Waals surface area contributed by atoms with Crippen LogP contribution in [0.3, 0.4) is 0 Å². The molecule has 1 amide bonds. The number of rotatable bonds is 7. The lowest BCUT2D eigenvalue weighted by molar-refractivity contribution is -0.146. The Hall–Kier alpha value is -3.87. The van der Waals surface area contributed by atoms with E-state index >= 15 is 0 Å². The third-order valence-corrected chi connectivity index (χ3v) is 6.89. The molecule has 2 aliphatic carbocycles. The van der Waals surface area contributed by atoms with E-state index in [1.54, 1.807) is 0 Å². The lowest BCUT2D eigenvalue weighted by atomic mass is 9.82. The highest BCUT2D eigenvalue weighted by atomic mass is 16.5. The molecule has 2 aliphatic rings. The second-order valence-corrected chi connectivity index (χ2v) is 9.09. The van der Waals surface area contributed by atoms with Crippen LogP contribution in [-0.2, 0) is 16.1 Å². The highest BCUT2D eigenvalue weighted by Gasteiger charge is 2.51. The number of aromatic nitrogens is 2. The first-order valence-electron chi connectivity index (χ1n) is 11.5. The molecule has 34 heavy (non-hydrogen) atoms. The van der Waals surface area contributed by atoms with Crippen molar-refractivity contribution in [2.45, 2.75) is 26.8 Å². The van der Waals surface area contributed by atoms with Crippen molar-refractivity contribution >= 4 is 17.6 Å². The van der Waals surface area contributed by atoms with Gasteiger partial charge in [-0.05, 0) is 61.9 Å². The van der Waals surface area contributed by atoms with Gasteiger partial charge in [0, 0.05) is 0 Å². The van der Waals surface area contributed by atoms with Crippen molar-refractivity contribution in [3.05, 3.63) is 83.7 Å². The monoisotopic (exact) mass is 457 g/mol. The number of carbonyl (C=O) groups is 2. The number of benzene rings is 2. The van der Waals surface area contributed by atoms with Crippen LogP contribution in [0.5, 0.6) is 11.5 Å². The van der Waals surface area contributed by atoms with E-state index in [1.165, 1.54) is 0 Å². The zero-order chi connectivity index (χ0) is 23.8. The predicted octanol–water partition coefficient (Wildman–Crippen LogP) is 4.80. The SMILES string of the molecule is Cc1nn(Cc2cccc(Oc3ccccc3)c2)c(C)c1NC(=O)[C@H]1[C@@H](C(=O)O)[C@H]2C=C[C@@H]1C2. The molecule has 0 unspecified atom stereocenters. The van der Waals surface area contributed by atoms with Crippen molar-refractivity contribution in [2.75, 3.05) is 5.32 Å². The molecule has 174 valence electrons. The van der Waals surface area contributed by atoms with Gasteiger partial charge in [0.1, 0.15) is 11.5 Å². The van der Waals surface area contributed by atoms with Gasteiger partial charge in [0.15, 0.2) is 0 Å². The third-order valence-electron chi connectivity index (χ3n) is 6.89. The maximum absolute atomic E-state index is 13.1. The minimum Gasteiger partial charge on any atom is -0.481 e. The highest BCUT2D eigenvalue weighted by molar-refractivity contribution is 5.97. The number of carboxylic acids is 1. The summed E-state index contributed by atoms with van der Waals surface area (Å²) >= 11 is 0. The molecule has 3 aromatic rings. The molecule has 1 saturated carbocycles. The summed E-state index contributed by atoms with van der Waals surface area (Å²) in [5, 5.41) is 17.3. The van der Waals surface area contributed by atoms with Crippen LogP contribution in [0.15, 0.2) is 66.7 Å². The molecular weight excluding hydrogens is 430 g/mol. The molecule has 1 heterocycles. The standard InChI is InChI=1S/C27H27N3O4/c1-16-25(28-26(31)23-19-11-12-20(14-19)24(23)27(32)33)17(2)30(29-16)15-18-7-6-10-22(13-18)34-21-8-4-3-5-9-21/h3-13,19-20,23-24H,14-15H2,1-2H3,(H,28,31)(H,32,33)/t19-,20+,23-,24+/m1/s1. The van der Waals surface area contributed by atoms with Gasteiger partial charge in [-0.2, -0.15) is 5.10 Å². The topological polar surface area (TPSA) is 93.5 Å². The minimum atomic E-state index is -0.904. The molecule has 2 bridgehead atoms. The number of aryl methyl sites for hydroxylation is 1. The van der Waals surface area contributed by atoms with Gasteiger partial charge >= 0.3 is 5.97 Å². The van der Waals surface area contributed by atoms with Crippen LogP contribution in [-0.4, -0.2) is 26.8 Å². The smallest absolute Gasteiger partial charge is 0.307 e. The first-order chi connectivity index (χ1) is 16.4. The molecule has 7 nitrogen and oxygen atoms in total. The summed E-state index contributed by atoms with van der Waals surface area (Å²) in [6, 6.07) is 17.4. The lowest BCUT2D eigenvalue weighted by Gasteiger charge is -2.23. The molecule has 1 aromatic heterocycles. The normalized spacial score (nSPS) is 22.6. The molecule has 0 aliphatic heterocycles. The van der Waals surface area contributed by atoms with Gasteiger partial charge in [0.2, 0.25) is 5.91 Å². The van der Waals surface area contributed by atoms with E-state index in [9.17, 15) is 14.7 Å². The van der Waals surface area contributed by atoms with Gasteiger partial charge in [0.05, 0.1) is 35.5 Å². The number of fused-ring (bicyclic) bond motifs is 2. The number of ether oxygens (including phenoxy) is 1. The fourth-order valence-corrected chi connectivity index (χ4v) is 5.26. The van der Waals surface area contributed by atoms with Crippen LogP contribution in [0.4, 0.5) is 5.69 Å². The largest absolute Gasteiger partial charge is 0.481 e. The van der Waals surface area contributed by atoms with Gasteiger partial charge in [-0.25, -0.2) is 0 Å². The van der Waals surface area contributed by atoms with Crippen molar-refractivity contribution < 1.29 is 19.4 Å². The average Bonchev–Trinajstić information content (AvgIpc) is 3.50. The summed E-state index contributed by atoms with van der Waals surface area (Å²) in [7, 11) is 0. The van der Waals surface area contributed by atoms with E-state index in [1.807, 2.05) is 85.3 Å². The molecule has 1 fully saturated rings. The second kappa shape index (κ2) is 8.82. The van der Waals surface area contributed by atoms with Crippen molar-refractivity contribution in [1.29, 1.82) is 0 Å². The summed E-state index contributed by atoms with van der Waals surface area (Å²) in [6.07, 6.45) is 4.66. The predicted molar refractivity (Wildman–Crippen MR) is 128 cm³/mol. The molecule has 0 spiro atoms. The van der Waals surface area contributed by atoms with Gasteiger partial charge in [-0.1, -0.05) is 42.5 Å². The Bertz CT molecular complexity index is 1260. The number of nitrogens with zero attached hydrogens (tertiary/aromatic N) is 2. The van der Waals surface area contributed by atoms with Crippen molar-refractivity contribution in [2.24, 2.45) is 23.7 Å². The molecule has 0 radical (unpaired) electrons. The fourth-order valence-electron chi connectivity index (χ4n) is 5.26. The van der Waals surface area contributed by atoms with E-state index in [0.717, 1.165) is 29.2 Å². The summed E-state index contributed by atoms with van der Waals surface area (Å²) in [5.41, 5.74) is 3.19. The van der Waals surface area contributed by atoms with E-state index in [-0.39, 0.29) is 17.7 Å². The summed E-state index contributed by atoms with van der Waals surface area (Å²) in [4.78, 5) is 25.0. The summed E-state index contributed by atoms with van der Waals surface area (Å²) in [6.45, 7) is 4.28. The first-order valence-corrected chi connectivity index (χ1v) is 11.5. The Kier molecular flexibility index (Phi) is 5.69. The number of amides is 1. The van der Waals surface area contributed by atoms with Crippen LogP contribution < -0.4 is 10.1 Å². The Labute approximate surface area is 198 Å². The van der Waals surface area contributed by atoms with Crippen LogP contribution >= 0.6 is 0 Å². The Balaban J connectivity index is 1.32. The number of aliphatic carboxylic acids is 1. The third kappa shape index (κ3) is 4.09. The number of carbonyl (C=O) groups excluding carboxylic acids is 1. The van der Waals surface area contributed by atoms with E-state index < -0.39 is 17.8 Å². The Morgan fingerprint density at radius 2 is 1.74 bits per heavy atom. The number of hydrogen-bond donors (Lipinski definition) is 2. The zero-order valence-electron chi connectivity index (χ0n) is 19.1. The van der Waals surface area contributed by atoms with Crippen LogP contribution in [0.25, 0.3) is 0 Å². The van der Waals surface area contributed by atoms with Crippen molar-refractivity contribution in [3.8, 4) is 11.5 Å². The maximum atomic E-state index is 13.1. The van der Waals surface area contributed by atoms with E-state index in [2.05, 4.69) is 10.4 Å². The number of para-hydroxylation sites is 1. The van der Waals surface area contributed by atoms with Crippen molar-refractivity contribution in [1.82, 2.24) is 9.78 Å². The zero-order valence-corrected chi connectivity index (χ0v) is 19.1. The number of nitrogens with one attached hydrogen (secondary N) is 1. The number of allylic oxidation sites excluding steroid dienone is 2. The molecule has 4 atom stereocenters. The average molecular weight is 458 g/mol. The summed E-state index contributed by atoms with van der Waals surface area (Å²) < 4.78 is 7.79. The fraction of sp³-hybridized carbons (Fsp3) is 0.296. The maximum Gasteiger partial charge on any atom is 0.307 e. The van der Waals surface area contributed by atoms with Crippen molar-refractivity contribution in [3.63, 3.8) is 0 Å². The van der Waals surface area contributed by atoms with Gasteiger partial charge < -0.3 is 15.2 Å². The summed E-state index contributed by atoms with van der Waals surface area (Å²) in [5.74, 6) is -0.942. The van der Waals surface area contributed by atoms with Gasteiger partial charge in [-0.3, -0.25) is 14.3 Å². The molecule has 5 rings (SSSR count). The highest BCUT2D eigenvalue weighted by Crippen LogP contribution is 2.48. The first kappa shape index (κ1) is 21.9. The molecule has 2 aromatic carbocycles. The van der Waals surface area contributed by atoms with E-state index in [4.69, 9.17) is 4.74 Å². The molecule has 2 N–H and O–H groups in total. The minimum absolute atomic E-state index is 0.0193. The molecular formula is C27H27N3O4. The van der Waals surface area contributed by atoms with E-state index in [0.29, 0.717) is 17.9 Å². The number of anilines is 1. The Morgan fingerprint density at radius 3 is 2.47 bits per heavy atom. The van der Waals surface area contributed by atoms with Crippen LogP contribution in [0.2, 0.25) is 0 Å². The molecule has 0 saturated heterocycles. The van der Waals surface area contributed by atoms with Gasteiger partial charge in [0.25, 0.3) is 0 Å². The van der Waals surface area contributed by atoms with Crippen LogP contribution in [0, 0.1) is 37.5 Å². The van der Waals surface area contributed by atoms with Crippen LogP contribution in [0.1, 0.15) is 23.4 Å². The second-order valence-electron chi connectivity index (χ2n) is 9.09. The molecule has 7 heteroatoms. The lowest BCUT2D eigenvalue weighted by Crippen LogP contribution is -2.36.